The van der Waals surface area contributed by atoms with Crippen LogP contribution in [0.2, 0.25) is 0 Å². The van der Waals surface area contributed by atoms with Gasteiger partial charge in [0, 0.05) is 39.3 Å². The van der Waals surface area contributed by atoms with Gasteiger partial charge < -0.3 is 24.8 Å². The van der Waals surface area contributed by atoms with E-state index < -0.39 is 29.8 Å². The summed E-state index contributed by atoms with van der Waals surface area (Å²) in [6.07, 6.45) is -4.55. The topological polar surface area (TPSA) is 82.2 Å². The molecule has 0 aromatic rings. The molecule has 160 valence electrons. The van der Waals surface area contributed by atoms with Gasteiger partial charge in [0.05, 0.1) is 6.04 Å². The van der Waals surface area contributed by atoms with E-state index in [1.807, 2.05) is 5.32 Å². The van der Waals surface area contributed by atoms with E-state index in [-0.39, 0.29) is 31.6 Å². The van der Waals surface area contributed by atoms with Gasteiger partial charge in [0.2, 0.25) is 0 Å². The molecule has 2 saturated heterocycles. The zero-order valence-electron chi connectivity index (χ0n) is 16.5. The molecule has 0 aliphatic carbocycles. The van der Waals surface area contributed by atoms with E-state index in [1.54, 1.807) is 32.7 Å². The van der Waals surface area contributed by atoms with Gasteiger partial charge in [-0.15, -0.1) is 0 Å². The monoisotopic (exact) mass is 408 g/mol. The lowest BCUT2D eigenvalue weighted by atomic mass is 10.2. The smallest absolute Gasteiger partial charge is 0.444 e. The van der Waals surface area contributed by atoms with E-state index >= 15 is 0 Å². The van der Waals surface area contributed by atoms with Crippen LogP contribution in [0, 0.1) is 0 Å². The Labute approximate surface area is 161 Å². The minimum atomic E-state index is -4.94. The number of alkyl halides is 3. The average Bonchev–Trinajstić information content (AvgIpc) is 3.20. The van der Waals surface area contributed by atoms with Crippen molar-refractivity contribution in [2.24, 2.45) is 0 Å². The Bertz CT molecular complexity index is 621. The highest BCUT2D eigenvalue weighted by molar-refractivity contribution is 5.82. The Balaban J connectivity index is 1.84. The van der Waals surface area contributed by atoms with Crippen LogP contribution < -0.4 is 5.32 Å². The number of nitrogens with one attached hydrogen (secondary N) is 1. The molecule has 0 radical (unpaired) electrons. The maximum absolute atomic E-state index is 12.6. The summed E-state index contributed by atoms with van der Waals surface area (Å²) in [5.41, 5.74) is -0.620. The Kier molecular flexibility index (Phi) is 6.34. The predicted octanol–water partition coefficient (Wildman–Crippen LogP) is 1.80. The summed E-state index contributed by atoms with van der Waals surface area (Å²) < 4.78 is 42.4. The van der Waals surface area contributed by atoms with Gasteiger partial charge in [-0.25, -0.2) is 9.59 Å². The molecule has 2 aliphatic heterocycles. The first-order valence-corrected chi connectivity index (χ1v) is 9.15. The molecule has 0 saturated carbocycles. The Morgan fingerprint density at radius 3 is 2.18 bits per heavy atom. The van der Waals surface area contributed by atoms with Crippen LogP contribution in [0.3, 0.4) is 0 Å². The van der Waals surface area contributed by atoms with Gasteiger partial charge in [0.25, 0.3) is 0 Å². The lowest BCUT2D eigenvalue weighted by molar-refractivity contribution is -0.174. The number of ether oxygens (including phenoxy) is 1. The van der Waals surface area contributed by atoms with Crippen molar-refractivity contribution in [1.29, 1.82) is 0 Å². The first kappa shape index (κ1) is 22.1. The zero-order chi connectivity index (χ0) is 21.3. The van der Waals surface area contributed by atoms with Crippen LogP contribution in [-0.4, -0.2) is 89.8 Å². The van der Waals surface area contributed by atoms with E-state index in [0.717, 1.165) is 0 Å². The minimum absolute atomic E-state index is 0.0315. The van der Waals surface area contributed by atoms with Crippen molar-refractivity contribution in [3.05, 3.63) is 0 Å². The SMILES string of the molecule is CN(C(=O)OC(C)(C)C)[C@H]1CCN(C(=O)N2CC[C@@H](NC(=O)C(F)(F)F)C2)C1. The number of rotatable bonds is 2. The van der Waals surface area contributed by atoms with Gasteiger partial charge in [0.1, 0.15) is 5.60 Å². The van der Waals surface area contributed by atoms with Crippen LogP contribution >= 0.6 is 0 Å². The number of hydrogen-bond acceptors (Lipinski definition) is 4. The van der Waals surface area contributed by atoms with E-state index in [1.165, 1.54) is 9.80 Å². The molecule has 0 unspecified atom stereocenters. The molecule has 2 atom stereocenters. The van der Waals surface area contributed by atoms with Crippen molar-refractivity contribution in [1.82, 2.24) is 20.0 Å². The third-order valence-electron chi connectivity index (χ3n) is 4.71. The van der Waals surface area contributed by atoms with Crippen LogP contribution in [-0.2, 0) is 9.53 Å². The molecule has 0 aromatic carbocycles. The molecule has 0 bridgehead atoms. The summed E-state index contributed by atoms with van der Waals surface area (Å²) in [6, 6.07) is -1.22. The second kappa shape index (κ2) is 8.04. The van der Waals surface area contributed by atoms with Crippen molar-refractivity contribution in [3.63, 3.8) is 0 Å². The van der Waals surface area contributed by atoms with E-state index in [0.29, 0.717) is 19.5 Å². The number of carbonyl (C=O) groups excluding carboxylic acids is 3. The molecule has 2 heterocycles. The Hall–Kier alpha value is -2.20. The molecule has 2 fully saturated rings. The number of amides is 4. The standard InChI is InChI=1S/C17H27F3N4O4/c1-16(2,3)28-15(27)22(4)12-6-8-24(10-12)14(26)23-7-5-11(9-23)21-13(25)17(18,19)20/h11-12H,5-10H2,1-4H3,(H,21,25)/t11-,12+/m1/s1. The lowest BCUT2D eigenvalue weighted by Gasteiger charge is -2.29. The first-order chi connectivity index (χ1) is 12.8. The normalized spacial score (nSPS) is 23.0. The quantitative estimate of drug-likeness (QED) is 0.756. The molecule has 28 heavy (non-hydrogen) atoms. The predicted molar refractivity (Wildman–Crippen MR) is 93.5 cm³/mol. The molecular weight excluding hydrogens is 381 g/mol. The van der Waals surface area contributed by atoms with Crippen LogP contribution in [0.1, 0.15) is 33.6 Å². The fraction of sp³-hybridized carbons (Fsp3) is 0.824. The van der Waals surface area contributed by atoms with Crippen LogP contribution in [0.25, 0.3) is 0 Å². The first-order valence-electron chi connectivity index (χ1n) is 9.15. The Morgan fingerprint density at radius 1 is 1.04 bits per heavy atom. The molecule has 4 amide bonds. The van der Waals surface area contributed by atoms with E-state index in [9.17, 15) is 27.6 Å². The van der Waals surface area contributed by atoms with Crippen molar-refractivity contribution in [3.8, 4) is 0 Å². The van der Waals surface area contributed by atoms with Crippen molar-refractivity contribution < 1.29 is 32.3 Å². The van der Waals surface area contributed by atoms with E-state index in [4.69, 9.17) is 4.74 Å². The summed E-state index contributed by atoms with van der Waals surface area (Å²) in [7, 11) is 1.62. The summed E-state index contributed by atoms with van der Waals surface area (Å²) in [5.74, 6) is -1.99. The van der Waals surface area contributed by atoms with Crippen LogP contribution in [0.4, 0.5) is 22.8 Å². The molecule has 11 heteroatoms. The number of hydrogen-bond donors (Lipinski definition) is 1. The molecule has 2 rings (SSSR count). The number of likely N-dealkylation sites (tertiary alicyclic amines) is 2. The number of urea groups is 1. The highest BCUT2D eigenvalue weighted by Gasteiger charge is 2.42. The van der Waals surface area contributed by atoms with Crippen molar-refractivity contribution in [2.75, 3.05) is 33.2 Å². The third-order valence-corrected chi connectivity index (χ3v) is 4.71. The highest BCUT2D eigenvalue weighted by atomic mass is 19.4. The van der Waals surface area contributed by atoms with Gasteiger partial charge in [-0.1, -0.05) is 0 Å². The minimum Gasteiger partial charge on any atom is -0.444 e. The number of halogens is 3. The van der Waals surface area contributed by atoms with E-state index in [2.05, 4.69) is 0 Å². The van der Waals surface area contributed by atoms with Gasteiger partial charge >= 0.3 is 24.2 Å². The molecule has 8 nitrogen and oxygen atoms in total. The number of carbonyl (C=O) groups is 3. The third kappa shape index (κ3) is 5.65. The van der Waals surface area contributed by atoms with Gasteiger partial charge in [-0.3, -0.25) is 4.79 Å². The molecule has 2 aliphatic rings. The van der Waals surface area contributed by atoms with Crippen molar-refractivity contribution in [2.45, 2.75) is 57.5 Å². The highest BCUT2D eigenvalue weighted by Crippen LogP contribution is 2.21. The molecule has 1 N–H and O–H groups in total. The average molecular weight is 408 g/mol. The lowest BCUT2D eigenvalue weighted by Crippen LogP contribution is -2.47. The van der Waals surface area contributed by atoms with Crippen LogP contribution in [0.15, 0.2) is 0 Å². The van der Waals surface area contributed by atoms with Gasteiger partial charge in [0.15, 0.2) is 0 Å². The van der Waals surface area contributed by atoms with Crippen molar-refractivity contribution >= 4 is 18.0 Å². The molecule has 0 spiro atoms. The maximum Gasteiger partial charge on any atom is 0.471 e. The zero-order valence-corrected chi connectivity index (χ0v) is 16.5. The molecule has 0 aromatic heterocycles. The van der Waals surface area contributed by atoms with Gasteiger partial charge in [-0.05, 0) is 33.6 Å². The summed E-state index contributed by atoms with van der Waals surface area (Å²) in [6.45, 7) is 6.37. The van der Waals surface area contributed by atoms with Gasteiger partial charge in [-0.2, -0.15) is 13.2 Å². The Morgan fingerprint density at radius 2 is 1.61 bits per heavy atom. The summed E-state index contributed by atoms with van der Waals surface area (Å²) in [5, 5.41) is 1.91. The summed E-state index contributed by atoms with van der Waals surface area (Å²) >= 11 is 0. The molecular formula is C17H27F3N4O4. The largest absolute Gasteiger partial charge is 0.471 e. The maximum atomic E-state index is 12.6. The second-order valence-electron chi connectivity index (χ2n) is 8.17. The second-order valence-corrected chi connectivity index (χ2v) is 8.17. The fourth-order valence-electron chi connectivity index (χ4n) is 3.23. The number of likely N-dealkylation sites (N-methyl/N-ethyl adjacent to an activating group) is 1. The fourth-order valence-corrected chi connectivity index (χ4v) is 3.23. The van der Waals surface area contributed by atoms with Crippen LogP contribution in [0.5, 0.6) is 0 Å². The number of nitrogens with zero attached hydrogens (tertiary/aromatic N) is 3. The summed E-state index contributed by atoms with van der Waals surface area (Å²) in [4.78, 5) is 40.3.